The van der Waals surface area contributed by atoms with Crippen molar-refractivity contribution in [3.8, 4) is 5.75 Å². The molecule has 2 heterocycles. The van der Waals surface area contributed by atoms with Gasteiger partial charge in [-0.25, -0.2) is 4.39 Å². The van der Waals surface area contributed by atoms with Crippen LogP contribution in [0.25, 0.3) is 0 Å². The van der Waals surface area contributed by atoms with Crippen molar-refractivity contribution in [2.24, 2.45) is 11.3 Å². The summed E-state index contributed by atoms with van der Waals surface area (Å²) in [7, 11) is 0. The molecule has 2 aromatic rings. The Bertz CT molecular complexity index is 827. The quantitative estimate of drug-likeness (QED) is 0.676. The van der Waals surface area contributed by atoms with Crippen molar-refractivity contribution in [3.63, 3.8) is 0 Å². The molecule has 0 spiro atoms. The zero-order chi connectivity index (χ0) is 20.5. The molecule has 4 nitrogen and oxygen atoms in total. The summed E-state index contributed by atoms with van der Waals surface area (Å²) in [6.45, 7) is 3.11. The van der Waals surface area contributed by atoms with Crippen molar-refractivity contribution in [2.45, 2.75) is 33.1 Å². The number of carbonyl (C=O) groups excluding carboxylic acids is 1. The topological polar surface area (TPSA) is 42.7 Å². The van der Waals surface area contributed by atoms with E-state index in [4.69, 9.17) is 9.15 Å². The van der Waals surface area contributed by atoms with E-state index in [9.17, 15) is 22.4 Å². The zero-order valence-electron chi connectivity index (χ0n) is 15.6. The summed E-state index contributed by atoms with van der Waals surface area (Å²) in [4.78, 5) is 14.0. The fourth-order valence-corrected chi connectivity index (χ4v) is 3.55. The van der Waals surface area contributed by atoms with Crippen molar-refractivity contribution >= 4 is 5.91 Å². The summed E-state index contributed by atoms with van der Waals surface area (Å²) in [6.07, 6.45) is -4.42. The fraction of sp³-hybridized carbons (Fsp3) is 0.450. The van der Waals surface area contributed by atoms with E-state index in [-0.39, 0.29) is 37.7 Å². The smallest absolute Gasteiger partial charge is 0.392 e. The van der Waals surface area contributed by atoms with Gasteiger partial charge in [-0.3, -0.25) is 4.79 Å². The van der Waals surface area contributed by atoms with Crippen LogP contribution < -0.4 is 4.74 Å². The predicted octanol–water partition coefficient (Wildman–Crippen LogP) is 5.05. The van der Waals surface area contributed by atoms with Crippen molar-refractivity contribution in [1.82, 2.24) is 4.90 Å². The van der Waals surface area contributed by atoms with Gasteiger partial charge in [0.15, 0.2) is 5.76 Å². The van der Waals surface area contributed by atoms with Crippen LogP contribution in [0.5, 0.6) is 5.75 Å². The van der Waals surface area contributed by atoms with Gasteiger partial charge in [-0.05, 0) is 48.2 Å². The second kappa shape index (κ2) is 7.48. The number of alkyl halides is 3. The molecule has 0 unspecified atom stereocenters. The summed E-state index contributed by atoms with van der Waals surface area (Å²) >= 11 is 0. The number of nitrogens with zero attached hydrogens (tertiary/aromatic N) is 1. The Labute approximate surface area is 160 Å². The predicted molar refractivity (Wildman–Crippen MR) is 93.3 cm³/mol. The van der Waals surface area contributed by atoms with Crippen LogP contribution in [0.4, 0.5) is 17.6 Å². The molecule has 28 heavy (non-hydrogen) atoms. The lowest BCUT2D eigenvalue weighted by Crippen LogP contribution is -2.52. The first kappa shape index (κ1) is 20.2. The fourth-order valence-electron chi connectivity index (χ4n) is 3.55. The maximum absolute atomic E-state index is 13.2. The Morgan fingerprint density at radius 2 is 1.89 bits per heavy atom. The molecular weight excluding hydrogens is 378 g/mol. The highest BCUT2D eigenvalue weighted by atomic mass is 19.4. The number of hydrogen-bond acceptors (Lipinski definition) is 3. The monoisotopic (exact) mass is 399 g/mol. The van der Waals surface area contributed by atoms with Gasteiger partial charge in [0.25, 0.3) is 5.91 Å². The van der Waals surface area contributed by atoms with Gasteiger partial charge >= 0.3 is 6.18 Å². The van der Waals surface area contributed by atoms with Crippen LogP contribution in [-0.2, 0) is 6.61 Å². The maximum atomic E-state index is 13.2. The molecular formula is C20H21F4NO3. The molecule has 1 aliphatic heterocycles. The lowest BCUT2D eigenvalue weighted by molar-refractivity contribution is -0.214. The molecule has 1 aromatic carbocycles. The van der Waals surface area contributed by atoms with Gasteiger partial charge in [-0.1, -0.05) is 13.8 Å². The van der Waals surface area contributed by atoms with Crippen molar-refractivity contribution < 1.29 is 31.5 Å². The normalized spacial score (nSPS) is 19.5. The lowest BCUT2D eigenvalue weighted by Gasteiger charge is -2.44. The average molecular weight is 399 g/mol. The minimum Gasteiger partial charge on any atom is -0.486 e. The van der Waals surface area contributed by atoms with E-state index in [1.165, 1.54) is 49.1 Å². The molecule has 152 valence electrons. The molecule has 0 saturated carbocycles. The van der Waals surface area contributed by atoms with Crippen LogP contribution in [0.3, 0.4) is 0 Å². The van der Waals surface area contributed by atoms with Crippen LogP contribution in [0.15, 0.2) is 40.8 Å². The van der Waals surface area contributed by atoms with Crippen LogP contribution in [0.1, 0.15) is 36.6 Å². The number of amides is 1. The molecule has 0 bridgehead atoms. The van der Waals surface area contributed by atoms with Gasteiger partial charge in [0.1, 0.15) is 23.9 Å². The van der Waals surface area contributed by atoms with Crippen molar-refractivity contribution in [3.05, 3.63) is 53.7 Å². The number of benzene rings is 1. The molecule has 1 atom stereocenters. The summed E-state index contributed by atoms with van der Waals surface area (Å²) in [6, 6.07) is 8.52. The lowest BCUT2D eigenvalue weighted by atomic mass is 9.73. The third-order valence-electron chi connectivity index (χ3n) is 4.98. The molecule has 3 rings (SSSR count). The largest absolute Gasteiger partial charge is 0.486 e. The summed E-state index contributed by atoms with van der Waals surface area (Å²) < 4.78 is 63.4. The van der Waals surface area contributed by atoms with E-state index < -0.39 is 23.4 Å². The van der Waals surface area contributed by atoms with Crippen molar-refractivity contribution in [2.75, 3.05) is 13.1 Å². The first-order valence-corrected chi connectivity index (χ1v) is 8.89. The second-order valence-corrected chi connectivity index (χ2v) is 7.61. The van der Waals surface area contributed by atoms with Gasteiger partial charge in [0.05, 0.1) is 5.92 Å². The minimum absolute atomic E-state index is 0.00186. The Morgan fingerprint density at radius 1 is 1.21 bits per heavy atom. The number of likely N-dealkylation sites (tertiary alicyclic amines) is 1. The molecule has 0 N–H and O–H groups in total. The number of piperidine rings is 1. The number of rotatable bonds is 4. The highest BCUT2D eigenvalue weighted by molar-refractivity contribution is 5.91. The van der Waals surface area contributed by atoms with E-state index >= 15 is 0 Å². The van der Waals surface area contributed by atoms with Gasteiger partial charge in [0.2, 0.25) is 0 Å². The Morgan fingerprint density at radius 3 is 2.50 bits per heavy atom. The molecule has 1 saturated heterocycles. The summed E-state index contributed by atoms with van der Waals surface area (Å²) in [5, 5.41) is 0. The molecule has 1 fully saturated rings. The standard InChI is InChI=1S/C20H21F4NO3/c1-19(2)12-25(10-9-17(19)20(22,23)24)18(26)16-8-7-15(28-16)11-27-14-5-3-13(21)4-6-14/h3-8,17H,9-12H2,1-2H3/t17-/m1/s1. The van der Waals surface area contributed by atoms with E-state index in [1.54, 1.807) is 6.07 Å². The van der Waals surface area contributed by atoms with Crippen LogP contribution in [0, 0.1) is 17.2 Å². The average Bonchev–Trinajstić information content (AvgIpc) is 3.07. The van der Waals surface area contributed by atoms with Gasteiger partial charge in [-0.15, -0.1) is 0 Å². The number of halogens is 4. The molecule has 0 aliphatic carbocycles. The maximum Gasteiger partial charge on any atom is 0.392 e. The molecule has 8 heteroatoms. The van der Waals surface area contributed by atoms with E-state index in [1.807, 2.05) is 0 Å². The molecule has 1 aromatic heterocycles. The SMILES string of the molecule is CC1(C)CN(C(=O)c2ccc(COc3ccc(F)cc3)o2)CC[C@H]1C(F)(F)F. The summed E-state index contributed by atoms with van der Waals surface area (Å²) in [5.74, 6) is -1.38. The number of hydrogen-bond donors (Lipinski definition) is 0. The second-order valence-electron chi connectivity index (χ2n) is 7.61. The first-order chi connectivity index (χ1) is 13.1. The zero-order valence-corrected chi connectivity index (χ0v) is 15.6. The van der Waals surface area contributed by atoms with Gasteiger partial charge in [0, 0.05) is 13.1 Å². The van der Waals surface area contributed by atoms with Gasteiger partial charge < -0.3 is 14.1 Å². The highest BCUT2D eigenvalue weighted by Gasteiger charge is 2.51. The third-order valence-corrected chi connectivity index (χ3v) is 4.98. The van der Waals surface area contributed by atoms with Crippen LogP contribution in [0.2, 0.25) is 0 Å². The van der Waals surface area contributed by atoms with Gasteiger partial charge in [-0.2, -0.15) is 13.2 Å². The summed E-state index contributed by atoms with van der Waals surface area (Å²) in [5.41, 5.74) is -1.08. The number of furan rings is 1. The van der Waals surface area contributed by atoms with E-state index in [0.29, 0.717) is 11.5 Å². The third kappa shape index (κ3) is 4.48. The van der Waals surface area contributed by atoms with Crippen LogP contribution >= 0.6 is 0 Å². The Kier molecular flexibility index (Phi) is 5.41. The van der Waals surface area contributed by atoms with Crippen LogP contribution in [-0.4, -0.2) is 30.1 Å². The van der Waals surface area contributed by atoms with E-state index in [2.05, 4.69) is 0 Å². The first-order valence-electron chi connectivity index (χ1n) is 8.89. The van der Waals surface area contributed by atoms with E-state index in [0.717, 1.165) is 0 Å². The highest BCUT2D eigenvalue weighted by Crippen LogP contribution is 2.45. The minimum atomic E-state index is -4.28. The number of carbonyl (C=O) groups is 1. The molecule has 1 aliphatic rings. The molecule has 0 radical (unpaired) electrons. The Balaban J connectivity index is 1.62. The Hall–Kier alpha value is -2.51. The molecule has 1 amide bonds. The number of ether oxygens (including phenoxy) is 1. The van der Waals surface area contributed by atoms with Crippen molar-refractivity contribution in [1.29, 1.82) is 0 Å².